The second-order valence-electron chi connectivity index (χ2n) is 7.21. The normalized spacial score (nSPS) is 14.4. The van der Waals surface area contributed by atoms with Crippen molar-refractivity contribution in [2.24, 2.45) is 0 Å². The number of hydrogen-bond acceptors (Lipinski definition) is 6. The zero-order chi connectivity index (χ0) is 21.7. The fourth-order valence-electron chi connectivity index (χ4n) is 3.55. The number of halogens is 1. The molecular weight excluding hydrogens is 406 g/mol. The first-order chi connectivity index (χ1) is 14.4. The Morgan fingerprint density at radius 3 is 2.20 bits per heavy atom. The van der Waals surface area contributed by atoms with Crippen LogP contribution in [0.3, 0.4) is 0 Å². The first-order valence-corrected chi connectivity index (χ1v) is 10.1. The molecular formula is C22H28ClN3O4. The second-order valence-corrected chi connectivity index (χ2v) is 7.65. The van der Waals surface area contributed by atoms with Gasteiger partial charge in [-0.3, -0.25) is 4.79 Å². The zero-order valence-corrected chi connectivity index (χ0v) is 18.6. The fourth-order valence-corrected chi connectivity index (χ4v) is 3.72. The molecule has 2 aromatic rings. The summed E-state index contributed by atoms with van der Waals surface area (Å²) in [5.74, 6) is 1.37. The molecule has 2 aromatic carbocycles. The highest BCUT2D eigenvalue weighted by molar-refractivity contribution is 6.31. The van der Waals surface area contributed by atoms with E-state index >= 15 is 0 Å². The number of rotatable bonds is 7. The van der Waals surface area contributed by atoms with Crippen LogP contribution in [0.1, 0.15) is 5.56 Å². The second kappa shape index (κ2) is 9.91. The standard InChI is InChI=1S/C22H28ClN3O4/c1-25-7-9-26(10-8-25)18-6-5-16(23)14-17(18)24-21(27)13-15-11-19(28-2)22(30-4)20(12-15)29-3/h5-6,11-12,14H,7-10,13H2,1-4H3,(H,24,27). The van der Waals surface area contributed by atoms with E-state index in [4.69, 9.17) is 25.8 Å². The van der Waals surface area contributed by atoms with Crippen molar-refractivity contribution in [3.8, 4) is 17.2 Å². The number of benzene rings is 2. The maximum atomic E-state index is 12.8. The topological polar surface area (TPSA) is 63.3 Å². The van der Waals surface area contributed by atoms with E-state index in [-0.39, 0.29) is 12.3 Å². The van der Waals surface area contributed by atoms with Crippen LogP contribution in [0.15, 0.2) is 30.3 Å². The lowest BCUT2D eigenvalue weighted by atomic mass is 10.1. The van der Waals surface area contributed by atoms with Crippen molar-refractivity contribution >= 4 is 28.9 Å². The number of carbonyl (C=O) groups excluding carboxylic acids is 1. The van der Waals surface area contributed by atoms with Gasteiger partial charge in [-0.1, -0.05) is 11.6 Å². The average molecular weight is 434 g/mol. The van der Waals surface area contributed by atoms with Crippen LogP contribution >= 0.6 is 11.6 Å². The zero-order valence-electron chi connectivity index (χ0n) is 17.8. The summed E-state index contributed by atoms with van der Waals surface area (Å²) in [6.45, 7) is 3.74. The Hall–Kier alpha value is -2.64. The van der Waals surface area contributed by atoms with Crippen LogP contribution in [0.4, 0.5) is 11.4 Å². The number of anilines is 2. The molecule has 1 saturated heterocycles. The van der Waals surface area contributed by atoms with Crippen LogP contribution in [0.5, 0.6) is 17.2 Å². The number of piperazine rings is 1. The third kappa shape index (κ3) is 5.09. The molecule has 1 N–H and O–H groups in total. The van der Waals surface area contributed by atoms with Crippen molar-refractivity contribution in [2.75, 3.05) is 64.8 Å². The van der Waals surface area contributed by atoms with E-state index in [1.54, 1.807) is 39.5 Å². The molecule has 0 unspecified atom stereocenters. The number of amides is 1. The summed E-state index contributed by atoms with van der Waals surface area (Å²) in [5.41, 5.74) is 2.44. The van der Waals surface area contributed by atoms with Crippen LogP contribution in [0.25, 0.3) is 0 Å². The highest BCUT2D eigenvalue weighted by Gasteiger charge is 2.19. The summed E-state index contributed by atoms with van der Waals surface area (Å²) in [5, 5.41) is 3.60. The molecule has 8 heteroatoms. The molecule has 1 amide bonds. The monoisotopic (exact) mass is 433 g/mol. The minimum Gasteiger partial charge on any atom is -0.493 e. The van der Waals surface area contributed by atoms with Gasteiger partial charge >= 0.3 is 0 Å². The Labute approximate surface area is 182 Å². The molecule has 1 aliphatic heterocycles. The lowest BCUT2D eigenvalue weighted by Crippen LogP contribution is -2.44. The van der Waals surface area contributed by atoms with Gasteiger partial charge in [0.25, 0.3) is 0 Å². The number of hydrogen-bond donors (Lipinski definition) is 1. The highest BCUT2D eigenvalue weighted by Crippen LogP contribution is 2.38. The van der Waals surface area contributed by atoms with Gasteiger partial charge < -0.3 is 29.3 Å². The van der Waals surface area contributed by atoms with Gasteiger partial charge in [-0.25, -0.2) is 0 Å². The quantitative estimate of drug-likeness (QED) is 0.722. The van der Waals surface area contributed by atoms with Crippen molar-refractivity contribution < 1.29 is 19.0 Å². The van der Waals surface area contributed by atoms with Crippen LogP contribution in [0, 0.1) is 0 Å². The molecule has 0 spiro atoms. The molecule has 7 nitrogen and oxygen atoms in total. The Morgan fingerprint density at radius 1 is 1.00 bits per heavy atom. The lowest BCUT2D eigenvalue weighted by Gasteiger charge is -2.35. The van der Waals surface area contributed by atoms with Gasteiger partial charge in [0.2, 0.25) is 11.7 Å². The Bertz CT molecular complexity index is 873. The SMILES string of the molecule is COc1cc(CC(=O)Nc2cc(Cl)ccc2N2CCN(C)CC2)cc(OC)c1OC. The molecule has 1 heterocycles. The lowest BCUT2D eigenvalue weighted by molar-refractivity contribution is -0.115. The van der Waals surface area contributed by atoms with Crippen molar-refractivity contribution in [3.63, 3.8) is 0 Å². The third-order valence-electron chi connectivity index (χ3n) is 5.17. The molecule has 0 atom stereocenters. The molecule has 1 fully saturated rings. The maximum absolute atomic E-state index is 12.8. The first kappa shape index (κ1) is 22.1. The van der Waals surface area contributed by atoms with Crippen LogP contribution < -0.4 is 24.4 Å². The van der Waals surface area contributed by atoms with E-state index in [1.807, 2.05) is 12.1 Å². The number of nitrogens with one attached hydrogen (secondary N) is 1. The Morgan fingerprint density at radius 2 is 1.63 bits per heavy atom. The van der Waals surface area contributed by atoms with Crippen LogP contribution in [0.2, 0.25) is 5.02 Å². The van der Waals surface area contributed by atoms with Gasteiger partial charge in [0.05, 0.1) is 39.1 Å². The number of carbonyl (C=O) groups is 1. The molecule has 0 bridgehead atoms. The van der Waals surface area contributed by atoms with Gasteiger partial charge in [0, 0.05) is 31.2 Å². The van der Waals surface area contributed by atoms with Gasteiger partial charge in [0.1, 0.15) is 0 Å². The van der Waals surface area contributed by atoms with Crippen molar-refractivity contribution in [2.45, 2.75) is 6.42 Å². The summed E-state index contributed by atoms with van der Waals surface area (Å²) in [6.07, 6.45) is 0.158. The number of nitrogens with zero attached hydrogens (tertiary/aromatic N) is 2. The average Bonchev–Trinajstić information content (AvgIpc) is 2.73. The van der Waals surface area contributed by atoms with E-state index in [0.717, 1.165) is 37.4 Å². The molecule has 3 rings (SSSR count). The molecule has 0 aromatic heterocycles. The van der Waals surface area contributed by atoms with E-state index in [2.05, 4.69) is 22.2 Å². The van der Waals surface area contributed by atoms with Gasteiger partial charge in [-0.15, -0.1) is 0 Å². The summed E-state index contributed by atoms with van der Waals surface area (Å²) < 4.78 is 16.1. The van der Waals surface area contributed by atoms with E-state index in [0.29, 0.717) is 28.0 Å². The fraction of sp³-hybridized carbons (Fsp3) is 0.409. The van der Waals surface area contributed by atoms with E-state index in [1.165, 1.54) is 0 Å². The Kier molecular flexibility index (Phi) is 7.29. The minimum atomic E-state index is -0.151. The molecule has 162 valence electrons. The summed E-state index contributed by atoms with van der Waals surface area (Å²) in [7, 11) is 6.76. The summed E-state index contributed by atoms with van der Waals surface area (Å²) >= 11 is 6.21. The predicted octanol–water partition coefficient (Wildman–Crippen LogP) is 3.30. The minimum absolute atomic E-state index is 0.151. The third-order valence-corrected chi connectivity index (χ3v) is 5.40. The number of ether oxygens (including phenoxy) is 3. The Balaban J connectivity index is 1.79. The van der Waals surface area contributed by atoms with Gasteiger partial charge in [0.15, 0.2) is 11.5 Å². The van der Waals surface area contributed by atoms with Crippen molar-refractivity contribution in [1.82, 2.24) is 4.90 Å². The predicted molar refractivity (Wildman–Crippen MR) is 120 cm³/mol. The molecule has 0 aliphatic carbocycles. The van der Waals surface area contributed by atoms with Crippen molar-refractivity contribution in [1.29, 1.82) is 0 Å². The van der Waals surface area contributed by atoms with Crippen LogP contribution in [-0.4, -0.2) is 65.4 Å². The number of methoxy groups -OCH3 is 3. The van der Waals surface area contributed by atoms with Gasteiger partial charge in [-0.05, 0) is 42.9 Å². The summed E-state index contributed by atoms with van der Waals surface area (Å²) in [6, 6.07) is 9.16. The maximum Gasteiger partial charge on any atom is 0.228 e. The molecule has 30 heavy (non-hydrogen) atoms. The highest BCUT2D eigenvalue weighted by atomic mass is 35.5. The van der Waals surface area contributed by atoms with Crippen LogP contribution in [-0.2, 0) is 11.2 Å². The molecule has 1 aliphatic rings. The van der Waals surface area contributed by atoms with Gasteiger partial charge in [-0.2, -0.15) is 0 Å². The largest absolute Gasteiger partial charge is 0.493 e. The van der Waals surface area contributed by atoms with E-state index in [9.17, 15) is 4.79 Å². The van der Waals surface area contributed by atoms with E-state index < -0.39 is 0 Å². The smallest absolute Gasteiger partial charge is 0.228 e. The number of likely N-dealkylation sites (N-methyl/N-ethyl adjacent to an activating group) is 1. The molecule has 0 saturated carbocycles. The molecule has 0 radical (unpaired) electrons. The van der Waals surface area contributed by atoms with Crippen molar-refractivity contribution in [3.05, 3.63) is 40.9 Å². The summed E-state index contributed by atoms with van der Waals surface area (Å²) in [4.78, 5) is 17.4. The first-order valence-electron chi connectivity index (χ1n) is 9.77.